The van der Waals surface area contributed by atoms with Crippen LogP contribution in [0, 0.1) is 0 Å². The maximum Gasteiger partial charge on any atom is 0.349 e. The van der Waals surface area contributed by atoms with Crippen molar-refractivity contribution in [2.75, 3.05) is 40.3 Å². The van der Waals surface area contributed by atoms with E-state index in [1.165, 1.54) is 28.7 Å². The molecule has 0 spiro atoms. The lowest BCUT2D eigenvalue weighted by molar-refractivity contribution is -0.169. The lowest BCUT2D eigenvalue weighted by Gasteiger charge is -2.39. The molecule has 0 unspecified atom stereocenters. The molecule has 1 fully saturated rings. The maximum absolute atomic E-state index is 13.4. The highest BCUT2D eigenvalue weighted by Crippen LogP contribution is 2.42. The summed E-state index contributed by atoms with van der Waals surface area (Å²) < 4.78 is 18.7. The van der Waals surface area contributed by atoms with E-state index in [4.69, 9.17) is 13.9 Å². The predicted molar refractivity (Wildman–Crippen MR) is 245 cm³/mol. The Labute approximate surface area is 367 Å². The van der Waals surface area contributed by atoms with E-state index in [1.807, 2.05) is 53.2 Å². The van der Waals surface area contributed by atoms with Crippen molar-refractivity contribution in [3.8, 4) is 11.5 Å². The van der Waals surface area contributed by atoms with Crippen molar-refractivity contribution in [2.45, 2.75) is 95.0 Å². The van der Waals surface area contributed by atoms with Gasteiger partial charge in [0.15, 0.2) is 14.9 Å². The van der Waals surface area contributed by atoms with E-state index in [-0.39, 0.29) is 41.1 Å². The number of carbonyl (C=O) groups excluding carboxylic acids is 2. The number of benzene rings is 2. The first-order valence-electron chi connectivity index (χ1n) is 20.9. The van der Waals surface area contributed by atoms with E-state index in [0.29, 0.717) is 66.1 Å². The van der Waals surface area contributed by atoms with Gasteiger partial charge >= 0.3 is 5.97 Å². The summed E-state index contributed by atoms with van der Waals surface area (Å²) in [6.45, 7) is 13.3. The molecule has 1 aliphatic rings. The monoisotopic (exact) mass is 888 g/mol. The van der Waals surface area contributed by atoms with Crippen LogP contribution in [0.2, 0.25) is 18.1 Å². The number of thiophene rings is 2. The van der Waals surface area contributed by atoms with Gasteiger partial charge in [0, 0.05) is 50.7 Å². The van der Waals surface area contributed by atoms with Crippen LogP contribution in [0.1, 0.15) is 73.4 Å². The second-order valence-corrected chi connectivity index (χ2v) is 24.2. The summed E-state index contributed by atoms with van der Waals surface area (Å²) in [6.07, 6.45) is 2.52. The molecule has 328 valence electrons. The van der Waals surface area contributed by atoms with Crippen LogP contribution in [0.4, 0.5) is 0 Å². The zero-order valence-corrected chi connectivity index (χ0v) is 38.9. The smallest absolute Gasteiger partial charge is 0.349 e. The van der Waals surface area contributed by atoms with Gasteiger partial charge in [-0.3, -0.25) is 9.59 Å². The summed E-state index contributed by atoms with van der Waals surface area (Å²) in [5, 5.41) is 30.1. The second-order valence-electron chi connectivity index (χ2n) is 17.5. The molecule has 0 radical (unpaired) electrons. The number of fused-ring (bicyclic) bond motifs is 1. The summed E-state index contributed by atoms with van der Waals surface area (Å²) >= 11 is 2.67. The summed E-state index contributed by atoms with van der Waals surface area (Å²) in [4.78, 5) is 46.4. The molecule has 1 saturated carbocycles. The van der Waals surface area contributed by atoms with Crippen LogP contribution in [0.15, 0.2) is 88.4 Å². The molecule has 3 aromatic heterocycles. The average molecular weight is 889 g/mol. The van der Waals surface area contributed by atoms with Crippen LogP contribution in [-0.2, 0) is 30.9 Å². The lowest BCUT2D eigenvalue weighted by Crippen LogP contribution is -2.44. The second kappa shape index (κ2) is 19.8. The van der Waals surface area contributed by atoms with Crippen LogP contribution in [-0.4, -0.2) is 97.7 Å². The number of carbonyl (C=O) groups is 2. The fraction of sp³-hybridized carbons (Fsp3) is 0.457. The molecular weight excluding hydrogens is 829 g/mol. The molecule has 0 aliphatic heterocycles. The number of rotatable bonds is 18. The molecule has 15 heteroatoms. The van der Waals surface area contributed by atoms with Crippen LogP contribution in [0.25, 0.3) is 10.9 Å². The van der Waals surface area contributed by atoms with Crippen molar-refractivity contribution in [1.82, 2.24) is 20.1 Å². The minimum absolute atomic E-state index is 0.0166. The average Bonchev–Trinajstić information content (AvgIpc) is 3.99. The largest absolute Gasteiger partial charge is 0.506 e. The molecule has 1 amide bonds. The highest BCUT2D eigenvalue weighted by molar-refractivity contribution is 7.12. The molecule has 2 aromatic carbocycles. The fourth-order valence-corrected chi connectivity index (χ4v) is 10.3. The van der Waals surface area contributed by atoms with Gasteiger partial charge in [-0.25, -0.2) is 4.79 Å². The number of H-pyrrole nitrogens is 1. The van der Waals surface area contributed by atoms with Crippen molar-refractivity contribution >= 4 is 53.8 Å². The van der Waals surface area contributed by atoms with E-state index in [1.54, 1.807) is 36.2 Å². The van der Waals surface area contributed by atoms with Gasteiger partial charge in [0.2, 0.25) is 11.2 Å². The third-order valence-corrected chi connectivity index (χ3v) is 18.7. The highest BCUT2D eigenvalue weighted by Gasteiger charge is 2.45. The summed E-state index contributed by atoms with van der Waals surface area (Å²) in [6, 6.07) is 21.8. The summed E-state index contributed by atoms with van der Waals surface area (Å²) in [7, 11) is 1.64. The Morgan fingerprint density at radius 1 is 0.918 bits per heavy atom. The van der Waals surface area contributed by atoms with E-state index in [0.717, 1.165) is 29.4 Å². The van der Waals surface area contributed by atoms with E-state index in [9.17, 15) is 24.6 Å². The van der Waals surface area contributed by atoms with Gasteiger partial charge in [-0.2, -0.15) is 0 Å². The van der Waals surface area contributed by atoms with Gasteiger partial charge in [0.25, 0.3) is 5.91 Å². The molecule has 12 nitrogen and oxygen atoms in total. The third-order valence-electron chi connectivity index (χ3n) is 12.2. The fourth-order valence-electron chi connectivity index (χ4n) is 7.34. The maximum atomic E-state index is 13.4. The number of likely N-dealkylation sites (N-methyl/N-ethyl adjacent to an activating group) is 2. The minimum Gasteiger partial charge on any atom is -0.506 e. The first-order valence-corrected chi connectivity index (χ1v) is 25.5. The number of phenolic OH excluding ortho intramolecular Hbond substituents is 1. The van der Waals surface area contributed by atoms with Gasteiger partial charge in [0.05, 0.1) is 21.4 Å². The number of esters is 1. The normalized spacial score (nSPS) is 16.7. The number of ether oxygens (including phenoxy) is 2. The Balaban J connectivity index is 0.937. The number of nitrogens with zero attached hydrogens (tertiary/aromatic N) is 2. The van der Waals surface area contributed by atoms with Gasteiger partial charge in [0.1, 0.15) is 17.6 Å². The lowest BCUT2D eigenvalue weighted by atomic mass is 9.91. The molecule has 5 aromatic rings. The molecule has 1 atom stereocenters. The van der Waals surface area contributed by atoms with Crippen molar-refractivity contribution < 1.29 is 33.7 Å². The van der Waals surface area contributed by atoms with Gasteiger partial charge in [-0.05, 0) is 109 Å². The number of aromatic amines is 1. The molecule has 3 heterocycles. The standard InChI is InChI=1S/C46H60N4O8S2Si/c1-45(2,3)61(6,7)58-38(35-20-22-37(51)43-36(35)21-23-41(52)48-43)29-47-28-31-12-16-33(17-13-31)56-30-42(53)50(5)25-24-49(4)32-14-18-34(19-15-32)57-44(54)46(55,39-10-8-26-59-39)40-11-9-27-60-40/h8-13,16-17,20-23,26-27,32,34,38,47,51,55H,14-15,18-19,24-25,28-30H2,1-7H3,(H,48,52)/t32-,34-,38-/m0/s1. The zero-order valence-electron chi connectivity index (χ0n) is 36.2. The number of amides is 1. The van der Waals surface area contributed by atoms with Crippen molar-refractivity contribution in [3.05, 3.63) is 115 Å². The van der Waals surface area contributed by atoms with Gasteiger partial charge < -0.3 is 44.2 Å². The Hall–Kier alpha value is -4.35. The molecular formula is C46H60N4O8S2Si. The molecule has 0 bridgehead atoms. The van der Waals surface area contributed by atoms with Gasteiger partial charge in [-0.15, -0.1) is 22.7 Å². The van der Waals surface area contributed by atoms with Crippen molar-refractivity contribution in [3.63, 3.8) is 0 Å². The Morgan fingerprint density at radius 2 is 1.57 bits per heavy atom. The number of hydrogen-bond acceptors (Lipinski definition) is 12. The molecule has 61 heavy (non-hydrogen) atoms. The molecule has 6 rings (SSSR count). The zero-order chi connectivity index (χ0) is 44.0. The Bertz CT molecular complexity index is 2230. The van der Waals surface area contributed by atoms with E-state index >= 15 is 0 Å². The molecule has 4 N–H and O–H groups in total. The minimum atomic E-state index is -2.21. The van der Waals surface area contributed by atoms with Crippen LogP contribution >= 0.6 is 22.7 Å². The predicted octanol–water partition coefficient (Wildman–Crippen LogP) is 7.77. The Kier molecular flexibility index (Phi) is 15.0. The summed E-state index contributed by atoms with van der Waals surface area (Å²) in [5.41, 5.74) is 0.244. The third kappa shape index (κ3) is 11.2. The number of hydrogen-bond donors (Lipinski definition) is 4. The van der Waals surface area contributed by atoms with Crippen LogP contribution in [0.5, 0.6) is 11.5 Å². The van der Waals surface area contributed by atoms with Crippen molar-refractivity contribution in [2.24, 2.45) is 0 Å². The van der Waals surface area contributed by atoms with Gasteiger partial charge in [-0.1, -0.05) is 51.1 Å². The van der Waals surface area contributed by atoms with Crippen LogP contribution in [0.3, 0.4) is 0 Å². The number of aromatic nitrogens is 1. The number of pyridine rings is 1. The number of aromatic hydroxyl groups is 1. The highest BCUT2D eigenvalue weighted by atomic mass is 32.1. The number of aliphatic hydroxyl groups is 1. The number of nitrogens with one attached hydrogen (secondary N) is 2. The van der Waals surface area contributed by atoms with E-state index in [2.05, 4.69) is 56.1 Å². The Morgan fingerprint density at radius 3 is 2.18 bits per heavy atom. The summed E-state index contributed by atoms with van der Waals surface area (Å²) in [5.74, 6) is -0.118. The number of phenols is 1. The quantitative estimate of drug-likeness (QED) is 0.0507. The SMILES string of the molecule is CN(CCN(C)[C@H]1CC[C@H](OC(=O)C(O)(c2cccs2)c2cccs2)CC1)C(=O)COc1ccc(CNC[C@H](O[Si](C)(C)C(C)(C)C)c2ccc(O)c3[nH]c(=O)ccc23)cc1. The van der Waals surface area contributed by atoms with Crippen LogP contribution < -0.4 is 15.6 Å². The first kappa shape index (κ1) is 46.2. The van der Waals surface area contributed by atoms with E-state index < -0.39 is 19.9 Å². The first-order chi connectivity index (χ1) is 29.0. The topological polar surface area (TPSA) is 154 Å². The van der Waals surface area contributed by atoms with Crippen molar-refractivity contribution in [1.29, 1.82) is 0 Å². The molecule has 1 aliphatic carbocycles. The molecule has 0 saturated heterocycles.